The molecule has 1 saturated heterocycles. The monoisotopic (exact) mass is 483 g/mol. The number of hydrogen-bond acceptors (Lipinski definition) is 6. The maximum absolute atomic E-state index is 13.6. The van der Waals surface area contributed by atoms with Gasteiger partial charge in [0.25, 0.3) is 0 Å². The van der Waals surface area contributed by atoms with E-state index in [-0.39, 0.29) is 35.3 Å². The molecular formula is C23H37NO6SSi. The lowest BCUT2D eigenvalue weighted by atomic mass is 9.85. The van der Waals surface area contributed by atoms with Crippen molar-refractivity contribution in [2.24, 2.45) is 11.8 Å². The minimum absolute atomic E-state index is 0.0265. The molecule has 0 radical (unpaired) electrons. The molecule has 0 saturated carbocycles. The number of Topliss-reactive ketones (excluding diaryl/α,β-unsaturated/α-hetero) is 1. The first-order chi connectivity index (χ1) is 14.6. The molecule has 2 rings (SSSR count). The smallest absolute Gasteiger partial charge is 0.305 e. The summed E-state index contributed by atoms with van der Waals surface area (Å²) in [6.07, 6.45) is -0.0355. The van der Waals surface area contributed by atoms with Crippen LogP contribution in [0.4, 0.5) is 0 Å². The Labute approximate surface area is 193 Å². The van der Waals surface area contributed by atoms with Crippen LogP contribution in [0, 0.1) is 18.8 Å². The van der Waals surface area contributed by atoms with Gasteiger partial charge in [0.1, 0.15) is 5.78 Å². The first-order valence-corrected chi connectivity index (χ1v) is 15.3. The molecule has 32 heavy (non-hydrogen) atoms. The molecule has 0 unspecified atom stereocenters. The molecule has 0 amide bonds. The number of aryl methyl sites for hydroxylation is 1. The lowest BCUT2D eigenvalue weighted by Gasteiger charge is -2.38. The summed E-state index contributed by atoms with van der Waals surface area (Å²) in [6.45, 7) is 14.0. The zero-order chi connectivity index (χ0) is 24.5. The fourth-order valence-electron chi connectivity index (χ4n) is 3.77. The third-order valence-corrected chi connectivity index (χ3v) is 13.4. The second-order valence-corrected chi connectivity index (χ2v) is 16.9. The Morgan fingerprint density at radius 2 is 1.72 bits per heavy atom. The van der Waals surface area contributed by atoms with E-state index in [9.17, 15) is 18.0 Å². The Kier molecular flexibility index (Phi) is 8.13. The number of benzene rings is 1. The fourth-order valence-corrected chi connectivity index (χ4v) is 6.47. The molecule has 3 atom stereocenters. The Hall–Kier alpha value is -1.55. The van der Waals surface area contributed by atoms with Gasteiger partial charge in [0, 0.05) is 12.5 Å². The van der Waals surface area contributed by atoms with E-state index in [2.05, 4.69) is 33.9 Å². The number of ether oxygens (including phenoxy) is 1. The summed E-state index contributed by atoms with van der Waals surface area (Å²) in [4.78, 5) is 24.8. The van der Waals surface area contributed by atoms with Crippen molar-refractivity contribution < 1.29 is 27.2 Å². The minimum Gasteiger partial charge on any atom is -0.469 e. The zero-order valence-electron chi connectivity index (χ0n) is 20.5. The van der Waals surface area contributed by atoms with Gasteiger partial charge in [0.05, 0.1) is 31.1 Å². The highest BCUT2D eigenvalue weighted by atomic mass is 32.2. The number of rotatable bonds is 8. The molecule has 1 aliphatic heterocycles. The van der Waals surface area contributed by atoms with Gasteiger partial charge < -0.3 is 9.16 Å². The number of ketones is 1. The van der Waals surface area contributed by atoms with Crippen LogP contribution in [0.5, 0.6) is 0 Å². The molecule has 1 aromatic rings. The second-order valence-electron chi connectivity index (χ2n) is 10.2. The summed E-state index contributed by atoms with van der Waals surface area (Å²) in [5.41, 5.74) is 0.952. The summed E-state index contributed by atoms with van der Waals surface area (Å²) < 4.78 is 39.8. The molecule has 180 valence electrons. The highest BCUT2D eigenvalue weighted by Gasteiger charge is 2.50. The van der Waals surface area contributed by atoms with Crippen LogP contribution >= 0.6 is 0 Å². The van der Waals surface area contributed by atoms with E-state index < -0.39 is 42.2 Å². The van der Waals surface area contributed by atoms with Gasteiger partial charge in [-0.05, 0) is 50.0 Å². The molecule has 7 nitrogen and oxygen atoms in total. The van der Waals surface area contributed by atoms with E-state index >= 15 is 0 Å². The predicted octanol–water partition coefficient (Wildman–Crippen LogP) is 3.77. The number of hydrogen-bond donors (Lipinski definition) is 0. The van der Waals surface area contributed by atoms with Crippen LogP contribution in [0.15, 0.2) is 29.2 Å². The minimum atomic E-state index is -3.89. The van der Waals surface area contributed by atoms with Crippen molar-refractivity contribution in [3.05, 3.63) is 29.8 Å². The Morgan fingerprint density at radius 3 is 2.19 bits per heavy atom. The normalized spacial score (nSPS) is 22.7. The topological polar surface area (TPSA) is 90.0 Å². The van der Waals surface area contributed by atoms with Crippen LogP contribution in [0.2, 0.25) is 18.1 Å². The molecule has 1 aliphatic rings. The number of carbonyl (C=O) groups excluding carboxylic acids is 2. The third-order valence-electron chi connectivity index (χ3n) is 6.96. The first kappa shape index (κ1) is 26.7. The van der Waals surface area contributed by atoms with Crippen molar-refractivity contribution in [1.82, 2.24) is 4.31 Å². The van der Waals surface area contributed by atoms with E-state index in [1.807, 2.05) is 6.92 Å². The zero-order valence-corrected chi connectivity index (χ0v) is 22.3. The second kappa shape index (κ2) is 9.75. The lowest BCUT2D eigenvalue weighted by molar-refractivity contribution is -0.142. The molecule has 0 bridgehead atoms. The molecule has 0 aliphatic carbocycles. The molecular weight excluding hydrogens is 446 g/mol. The summed E-state index contributed by atoms with van der Waals surface area (Å²) in [6, 6.07) is 6.01. The number of sulfonamides is 1. The van der Waals surface area contributed by atoms with Crippen molar-refractivity contribution >= 4 is 30.1 Å². The molecule has 1 fully saturated rings. The van der Waals surface area contributed by atoms with Gasteiger partial charge in [-0.3, -0.25) is 9.59 Å². The first-order valence-electron chi connectivity index (χ1n) is 10.9. The van der Waals surface area contributed by atoms with Crippen LogP contribution in [0.1, 0.15) is 39.7 Å². The van der Waals surface area contributed by atoms with Crippen LogP contribution in [-0.2, 0) is 28.8 Å². The fraction of sp³-hybridized carbons (Fsp3) is 0.652. The molecule has 9 heteroatoms. The standard InChI is InChI=1S/C23H37NO6SSi/c1-16-9-11-18(12-10-16)31(27,28)24-14-20(17(2)25)19(13-22(26)29-6)21(24)15-30-32(7,8)23(3,4)5/h9-12,19-21H,13-15H2,1-8H3/t19-,20+,21+/m0/s1. The van der Waals surface area contributed by atoms with Crippen molar-refractivity contribution in [3.63, 3.8) is 0 Å². The number of esters is 1. The van der Waals surface area contributed by atoms with E-state index in [0.29, 0.717) is 0 Å². The van der Waals surface area contributed by atoms with Gasteiger partial charge in [-0.1, -0.05) is 38.5 Å². The average Bonchev–Trinajstić information content (AvgIpc) is 3.05. The highest BCUT2D eigenvalue weighted by Crippen LogP contribution is 2.41. The number of methoxy groups -OCH3 is 1. The van der Waals surface area contributed by atoms with Gasteiger partial charge in [0.15, 0.2) is 8.32 Å². The van der Waals surface area contributed by atoms with Gasteiger partial charge in [-0.2, -0.15) is 4.31 Å². The average molecular weight is 484 g/mol. The van der Waals surface area contributed by atoms with E-state index in [0.717, 1.165) is 5.56 Å². The van der Waals surface area contributed by atoms with Crippen LogP contribution < -0.4 is 0 Å². The van der Waals surface area contributed by atoms with Crippen molar-refractivity contribution in [2.45, 2.75) is 70.1 Å². The predicted molar refractivity (Wildman–Crippen MR) is 126 cm³/mol. The quantitative estimate of drug-likeness (QED) is 0.413. The SMILES string of the molecule is COC(=O)C[C@H]1[C@@H](C(C)=O)CN(S(=O)(=O)c2ccc(C)cc2)[C@@H]1CO[Si](C)(C)C(C)(C)C. The van der Waals surface area contributed by atoms with E-state index in [1.165, 1.54) is 18.3 Å². The van der Waals surface area contributed by atoms with Gasteiger partial charge in [-0.15, -0.1) is 0 Å². The number of nitrogens with zero attached hydrogens (tertiary/aromatic N) is 1. The summed E-state index contributed by atoms with van der Waals surface area (Å²) >= 11 is 0. The van der Waals surface area contributed by atoms with E-state index in [1.54, 1.807) is 24.3 Å². The van der Waals surface area contributed by atoms with Crippen molar-refractivity contribution in [1.29, 1.82) is 0 Å². The van der Waals surface area contributed by atoms with Gasteiger partial charge in [-0.25, -0.2) is 8.42 Å². The van der Waals surface area contributed by atoms with Crippen LogP contribution in [0.25, 0.3) is 0 Å². The Balaban J connectivity index is 2.49. The molecule has 0 spiro atoms. The maximum atomic E-state index is 13.6. The van der Waals surface area contributed by atoms with Crippen LogP contribution in [-0.4, -0.2) is 59.1 Å². The summed E-state index contributed by atoms with van der Waals surface area (Å²) in [5, 5.41) is -0.0654. The lowest BCUT2D eigenvalue weighted by Crippen LogP contribution is -2.47. The molecule has 1 aromatic carbocycles. The van der Waals surface area contributed by atoms with Gasteiger partial charge >= 0.3 is 5.97 Å². The maximum Gasteiger partial charge on any atom is 0.305 e. The Morgan fingerprint density at radius 1 is 1.16 bits per heavy atom. The van der Waals surface area contributed by atoms with Crippen molar-refractivity contribution in [3.8, 4) is 0 Å². The van der Waals surface area contributed by atoms with Crippen LogP contribution in [0.3, 0.4) is 0 Å². The number of carbonyl (C=O) groups is 2. The largest absolute Gasteiger partial charge is 0.469 e. The molecule has 0 N–H and O–H groups in total. The molecule has 0 aromatic heterocycles. The summed E-state index contributed by atoms with van der Waals surface area (Å²) in [7, 11) is -4.79. The third kappa shape index (κ3) is 5.68. The Bertz CT molecular complexity index is 936. The van der Waals surface area contributed by atoms with Gasteiger partial charge in [0.2, 0.25) is 10.0 Å². The highest BCUT2D eigenvalue weighted by molar-refractivity contribution is 7.89. The van der Waals surface area contributed by atoms with Crippen molar-refractivity contribution in [2.75, 3.05) is 20.3 Å². The van der Waals surface area contributed by atoms with E-state index in [4.69, 9.17) is 9.16 Å². The molecule has 1 heterocycles. The summed E-state index contributed by atoms with van der Waals surface area (Å²) in [5.74, 6) is -1.71.